The third kappa shape index (κ3) is 6.37. The van der Waals surface area contributed by atoms with Crippen LogP contribution in [0.2, 0.25) is 0 Å². The van der Waals surface area contributed by atoms with Gasteiger partial charge in [0.15, 0.2) is 0 Å². The highest BCUT2D eigenvalue weighted by Crippen LogP contribution is 2.34. The Labute approximate surface area is 273 Å². The molecule has 1 aliphatic carbocycles. The fourth-order valence-corrected chi connectivity index (χ4v) is 8.00. The number of nitrogens with one attached hydrogen (secondary N) is 3. The Morgan fingerprint density at radius 2 is 1.72 bits per heavy atom. The number of rotatable bonds is 8. The minimum atomic E-state index is -3.16. The first kappa shape index (κ1) is 31.0. The maximum absolute atomic E-state index is 14.4. The van der Waals surface area contributed by atoms with Crippen molar-refractivity contribution in [1.29, 1.82) is 0 Å². The zero-order valence-corrected chi connectivity index (χ0v) is 27.6. The topological polar surface area (TPSA) is 149 Å². The maximum atomic E-state index is 14.4. The molecule has 1 saturated carbocycles. The molecule has 47 heavy (non-hydrogen) atoms. The molecular weight excluding hydrogens is 615 g/mol. The summed E-state index contributed by atoms with van der Waals surface area (Å²) in [6.45, 7) is 3.93. The summed E-state index contributed by atoms with van der Waals surface area (Å²) in [5, 5.41) is 14.8. The normalized spacial score (nSPS) is 20.0. The molecular formula is C34H39N9O3S. The molecule has 2 fully saturated rings. The van der Waals surface area contributed by atoms with Crippen LogP contribution in [0.4, 0.5) is 17.3 Å². The number of aryl methyl sites for hydroxylation is 2. The molecule has 13 heteroatoms. The number of sulfone groups is 1. The van der Waals surface area contributed by atoms with E-state index >= 15 is 0 Å². The zero-order chi connectivity index (χ0) is 32.7. The molecule has 5 aromatic rings. The van der Waals surface area contributed by atoms with E-state index in [1.165, 1.54) is 6.26 Å². The second-order valence-corrected chi connectivity index (χ2v) is 15.1. The van der Waals surface area contributed by atoms with Crippen molar-refractivity contribution in [3.05, 3.63) is 77.0 Å². The Morgan fingerprint density at radius 1 is 0.957 bits per heavy atom. The third-order valence-corrected chi connectivity index (χ3v) is 11.1. The van der Waals surface area contributed by atoms with Crippen molar-refractivity contribution in [2.45, 2.75) is 56.4 Å². The second kappa shape index (κ2) is 12.5. The highest BCUT2D eigenvalue weighted by Gasteiger charge is 2.31. The number of aromatic nitrogens is 6. The van der Waals surface area contributed by atoms with Gasteiger partial charge in [-0.25, -0.2) is 13.4 Å². The lowest BCUT2D eigenvalue weighted by Gasteiger charge is -2.29. The van der Waals surface area contributed by atoms with Crippen molar-refractivity contribution in [1.82, 2.24) is 34.6 Å². The average Bonchev–Trinajstić information content (AvgIpc) is 3.73. The van der Waals surface area contributed by atoms with Crippen molar-refractivity contribution < 1.29 is 8.42 Å². The Balaban J connectivity index is 1.25. The molecule has 7 rings (SSSR count). The van der Waals surface area contributed by atoms with Gasteiger partial charge in [0.05, 0.1) is 22.2 Å². The van der Waals surface area contributed by atoms with E-state index in [-0.39, 0.29) is 11.6 Å². The summed E-state index contributed by atoms with van der Waals surface area (Å²) < 4.78 is 28.2. The first-order valence-electron chi connectivity index (χ1n) is 16.0. The van der Waals surface area contributed by atoms with Crippen LogP contribution in [0.25, 0.3) is 33.5 Å². The highest BCUT2D eigenvalue weighted by atomic mass is 32.2. The van der Waals surface area contributed by atoms with Crippen molar-refractivity contribution >= 4 is 38.2 Å². The van der Waals surface area contributed by atoms with Crippen LogP contribution >= 0.6 is 0 Å². The van der Waals surface area contributed by atoms with Gasteiger partial charge in [0.25, 0.3) is 5.56 Å². The van der Waals surface area contributed by atoms with Crippen LogP contribution in [0.5, 0.6) is 0 Å². The number of pyridine rings is 2. The number of benzene rings is 1. The fraction of sp³-hybridized carbons (Fsp3) is 0.382. The Morgan fingerprint density at radius 3 is 2.38 bits per heavy atom. The molecule has 1 saturated heterocycles. The lowest BCUT2D eigenvalue weighted by molar-refractivity contribution is 0.352. The lowest BCUT2D eigenvalue weighted by atomic mass is 9.94. The number of nitrogens with zero attached hydrogens (tertiary/aromatic N) is 6. The molecule has 12 nitrogen and oxygen atoms in total. The lowest BCUT2D eigenvalue weighted by Crippen LogP contribution is -2.33. The summed E-state index contributed by atoms with van der Waals surface area (Å²) in [4.78, 5) is 28.7. The van der Waals surface area contributed by atoms with Gasteiger partial charge in [-0.3, -0.25) is 19.0 Å². The molecule has 4 aromatic heterocycles. The first-order chi connectivity index (χ1) is 22.6. The van der Waals surface area contributed by atoms with Gasteiger partial charge in [-0.2, -0.15) is 10.1 Å². The van der Waals surface area contributed by atoms with E-state index in [1.54, 1.807) is 27.8 Å². The largest absolute Gasteiger partial charge is 0.381 e. The summed E-state index contributed by atoms with van der Waals surface area (Å²) in [7, 11) is -1.29. The molecule has 244 valence electrons. The quantitative estimate of drug-likeness (QED) is 0.217. The van der Waals surface area contributed by atoms with E-state index in [9.17, 15) is 13.2 Å². The standard InChI is InChI=1S/C34H39N9O3S/c1-21-16-22(30-13-15-38-42(30)2)18-36-31(21)29-17-23-19-37-34(40-25-6-4-24(5-7-25)39-26-12-14-35-20-26)41-32(23)43(33(29)44)27-8-10-28(11-9-27)47(3,45)46/h4-7,13,15-19,26-28,35,39H,8-12,14,20H2,1-3H3,(H,37,40,41). The SMILES string of the molecule is Cc1cc(-c2ccnn2C)cnc1-c1cc2cnc(Nc3ccc(NC4CCNC4)cc3)nc2n(C2CCC(S(C)(=O)=O)CC2)c1=O. The molecule has 1 unspecified atom stereocenters. The molecule has 5 heterocycles. The van der Waals surface area contributed by atoms with E-state index < -0.39 is 15.1 Å². The molecule has 1 aliphatic heterocycles. The first-order valence-corrected chi connectivity index (χ1v) is 18.0. The predicted octanol–water partition coefficient (Wildman–Crippen LogP) is 4.61. The molecule has 3 N–H and O–H groups in total. The fourth-order valence-electron chi connectivity index (χ4n) is 6.87. The van der Waals surface area contributed by atoms with Gasteiger partial charge in [0, 0.05) is 72.8 Å². The Hall–Kier alpha value is -4.62. The second-order valence-electron chi connectivity index (χ2n) is 12.7. The van der Waals surface area contributed by atoms with Crippen molar-refractivity contribution in [3.63, 3.8) is 0 Å². The van der Waals surface area contributed by atoms with E-state index in [2.05, 4.69) is 26.0 Å². The van der Waals surface area contributed by atoms with E-state index in [0.29, 0.717) is 60.0 Å². The minimum absolute atomic E-state index is 0.203. The summed E-state index contributed by atoms with van der Waals surface area (Å²) in [6.07, 6.45) is 9.72. The van der Waals surface area contributed by atoms with Gasteiger partial charge < -0.3 is 16.0 Å². The molecule has 0 radical (unpaired) electrons. The highest BCUT2D eigenvalue weighted by molar-refractivity contribution is 7.91. The Kier molecular flexibility index (Phi) is 8.27. The smallest absolute Gasteiger partial charge is 0.261 e. The third-order valence-electron chi connectivity index (χ3n) is 9.41. The maximum Gasteiger partial charge on any atom is 0.261 e. The number of hydrogen-bond donors (Lipinski definition) is 3. The molecule has 0 bridgehead atoms. The van der Waals surface area contributed by atoms with Crippen molar-refractivity contribution in [2.24, 2.45) is 7.05 Å². The molecule has 1 atom stereocenters. The summed E-state index contributed by atoms with van der Waals surface area (Å²) >= 11 is 0. The number of hydrogen-bond acceptors (Lipinski definition) is 10. The molecule has 1 aromatic carbocycles. The van der Waals surface area contributed by atoms with Crippen LogP contribution in [0, 0.1) is 6.92 Å². The van der Waals surface area contributed by atoms with Gasteiger partial charge in [-0.05, 0) is 93.6 Å². The average molecular weight is 654 g/mol. The number of fused-ring (bicyclic) bond motifs is 1. The van der Waals surface area contributed by atoms with Gasteiger partial charge in [0.1, 0.15) is 15.5 Å². The molecule has 0 spiro atoms. The van der Waals surface area contributed by atoms with Gasteiger partial charge >= 0.3 is 0 Å². The monoisotopic (exact) mass is 653 g/mol. The van der Waals surface area contributed by atoms with E-state index in [0.717, 1.165) is 47.7 Å². The van der Waals surface area contributed by atoms with E-state index in [1.807, 2.05) is 56.4 Å². The van der Waals surface area contributed by atoms with Crippen molar-refractivity contribution in [3.8, 4) is 22.5 Å². The van der Waals surface area contributed by atoms with Crippen molar-refractivity contribution in [2.75, 3.05) is 30.0 Å². The van der Waals surface area contributed by atoms with E-state index in [4.69, 9.17) is 9.97 Å². The Bertz CT molecular complexity index is 2090. The number of anilines is 3. The van der Waals surface area contributed by atoms with Gasteiger partial charge in [-0.1, -0.05) is 0 Å². The van der Waals surface area contributed by atoms with Crippen LogP contribution < -0.4 is 21.5 Å². The van der Waals surface area contributed by atoms with Crippen LogP contribution in [0.1, 0.15) is 43.7 Å². The van der Waals surface area contributed by atoms with Crippen LogP contribution in [0.15, 0.2) is 65.8 Å². The molecule has 2 aliphatic rings. The predicted molar refractivity (Wildman–Crippen MR) is 185 cm³/mol. The molecule has 0 amide bonds. The summed E-state index contributed by atoms with van der Waals surface area (Å²) in [5.41, 5.74) is 5.92. The van der Waals surface area contributed by atoms with Gasteiger partial charge in [-0.15, -0.1) is 0 Å². The summed E-state index contributed by atoms with van der Waals surface area (Å²) in [6, 6.07) is 14.0. The van der Waals surface area contributed by atoms with Crippen LogP contribution in [-0.2, 0) is 16.9 Å². The summed E-state index contributed by atoms with van der Waals surface area (Å²) in [5.74, 6) is 0.374. The minimum Gasteiger partial charge on any atom is -0.381 e. The zero-order valence-electron chi connectivity index (χ0n) is 26.8. The van der Waals surface area contributed by atoms with Crippen LogP contribution in [-0.4, -0.2) is 68.4 Å². The van der Waals surface area contributed by atoms with Crippen LogP contribution in [0.3, 0.4) is 0 Å². The van der Waals surface area contributed by atoms with Gasteiger partial charge in [0.2, 0.25) is 5.95 Å².